The van der Waals surface area contributed by atoms with E-state index in [1.54, 1.807) is 36.1 Å². The number of amides is 2. The highest BCUT2D eigenvalue weighted by Gasteiger charge is 2.31. The van der Waals surface area contributed by atoms with Crippen LogP contribution in [-0.4, -0.2) is 29.4 Å². The molecule has 4 rings (SSSR count). The number of carbonyl (C=O) groups is 2. The van der Waals surface area contributed by atoms with Crippen molar-refractivity contribution in [2.75, 3.05) is 16.8 Å². The number of fused-ring (bicyclic) bond motifs is 2. The van der Waals surface area contributed by atoms with Crippen LogP contribution in [0.3, 0.4) is 0 Å². The Morgan fingerprint density at radius 2 is 2.14 bits per heavy atom. The maximum absolute atomic E-state index is 12.6. The predicted molar refractivity (Wildman–Crippen MR) is 110 cm³/mol. The van der Waals surface area contributed by atoms with Gasteiger partial charge in [0.2, 0.25) is 5.91 Å². The van der Waals surface area contributed by atoms with E-state index in [1.807, 2.05) is 30.5 Å². The second kappa shape index (κ2) is 7.23. The molecule has 1 unspecified atom stereocenters. The van der Waals surface area contributed by atoms with Crippen LogP contribution in [0.15, 0.2) is 61.3 Å². The van der Waals surface area contributed by atoms with Gasteiger partial charge >= 0.3 is 0 Å². The van der Waals surface area contributed by atoms with Crippen molar-refractivity contribution >= 4 is 34.1 Å². The summed E-state index contributed by atoms with van der Waals surface area (Å²) in [5.74, 6) is 0.356. The summed E-state index contributed by atoms with van der Waals surface area (Å²) in [4.78, 5) is 29.8. The number of nitrogens with one attached hydrogen (secondary N) is 2. The molecular weight excluding hydrogens is 354 g/mol. The highest BCUT2D eigenvalue weighted by atomic mass is 16.5. The normalized spacial score (nSPS) is 15.8. The van der Waals surface area contributed by atoms with Crippen LogP contribution < -0.4 is 15.0 Å². The van der Waals surface area contributed by atoms with Crippen LogP contribution in [0.1, 0.15) is 12.5 Å². The van der Waals surface area contributed by atoms with Crippen molar-refractivity contribution in [3.63, 3.8) is 0 Å². The lowest BCUT2D eigenvalue weighted by atomic mass is 10.1. The zero-order valence-electron chi connectivity index (χ0n) is 15.6. The second-order valence-corrected chi connectivity index (χ2v) is 6.76. The van der Waals surface area contributed by atoms with Crippen LogP contribution in [0.5, 0.6) is 5.75 Å². The largest absolute Gasteiger partial charge is 0.479 e. The summed E-state index contributed by atoms with van der Waals surface area (Å²) in [6.45, 7) is 5.82. The highest BCUT2D eigenvalue weighted by molar-refractivity contribution is 6.02. The fourth-order valence-corrected chi connectivity index (χ4v) is 3.46. The molecule has 0 bridgehead atoms. The molecule has 2 heterocycles. The van der Waals surface area contributed by atoms with Gasteiger partial charge in [-0.25, -0.2) is 0 Å². The lowest BCUT2D eigenvalue weighted by Gasteiger charge is -2.32. The van der Waals surface area contributed by atoms with Crippen molar-refractivity contribution in [3.8, 4) is 5.75 Å². The monoisotopic (exact) mass is 375 g/mol. The smallest absolute Gasteiger partial charge is 0.268 e. The molecule has 2 aromatic carbocycles. The fraction of sp³-hybridized carbons (Fsp3) is 0.182. The molecule has 1 aliphatic rings. The van der Waals surface area contributed by atoms with Gasteiger partial charge in [0.1, 0.15) is 5.75 Å². The minimum Gasteiger partial charge on any atom is -0.479 e. The van der Waals surface area contributed by atoms with E-state index in [2.05, 4.69) is 16.9 Å². The molecule has 0 aliphatic carbocycles. The SMILES string of the molecule is C=CCN1C(=O)C(C)Oc2ccc(NC(=O)Cc3c[nH]c4ccccc34)cc21. The Balaban J connectivity index is 1.54. The number of anilines is 2. The van der Waals surface area contributed by atoms with Gasteiger partial charge in [0.05, 0.1) is 12.1 Å². The van der Waals surface area contributed by atoms with E-state index in [4.69, 9.17) is 4.74 Å². The van der Waals surface area contributed by atoms with Crippen molar-refractivity contribution < 1.29 is 14.3 Å². The van der Waals surface area contributed by atoms with Gasteiger partial charge in [-0.3, -0.25) is 9.59 Å². The minimum absolute atomic E-state index is 0.128. The molecule has 0 spiro atoms. The van der Waals surface area contributed by atoms with Crippen LogP contribution in [0.4, 0.5) is 11.4 Å². The van der Waals surface area contributed by atoms with Gasteiger partial charge in [0.15, 0.2) is 6.10 Å². The quantitative estimate of drug-likeness (QED) is 0.669. The molecule has 1 aromatic heterocycles. The molecule has 0 fully saturated rings. The molecule has 2 amide bonds. The lowest BCUT2D eigenvalue weighted by Crippen LogP contribution is -2.44. The summed E-state index contributed by atoms with van der Waals surface area (Å²) in [5.41, 5.74) is 3.19. The number of ether oxygens (including phenoxy) is 1. The van der Waals surface area contributed by atoms with Gasteiger partial charge < -0.3 is 19.9 Å². The van der Waals surface area contributed by atoms with E-state index in [-0.39, 0.29) is 18.2 Å². The van der Waals surface area contributed by atoms with Crippen LogP contribution >= 0.6 is 0 Å². The van der Waals surface area contributed by atoms with E-state index in [0.29, 0.717) is 23.7 Å². The number of carbonyl (C=O) groups excluding carboxylic acids is 2. The van der Waals surface area contributed by atoms with E-state index in [1.165, 1.54) is 0 Å². The molecule has 1 atom stereocenters. The number of aromatic amines is 1. The number of aromatic nitrogens is 1. The summed E-state index contributed by atoms with van der Waals surface area (Å²) in [6, 6.07) is 13.2. The standard InChI is InChI=1S/C22H21N3O3/c1-3-10-25-19-12-16(8-9-20(19)28-14(2)22(25)27)24-21(26)11-15-13-23-18-7-5-4-6-17(15)18/h3-9,12-14,23H,1,10-11H2,2H3,(H,24,26). The number of H-pyrrole nitrogens is 1. The summed E-state index contributed by atoms with van der Waals surface area (Å²) < 4.78 is 5.67. The van der Waals surface area contributed by atoms with E-state index >= 15 is 0 Å². The molecule has 6 heteroatoms. The predicted octanol–water partition coefficient (Wildman–Crippen LogP) is 3.65. The number of hydrogen-bond donors (Lipinski definition) is 2. The van der Waals surface area contributed by atoms with Crippen molar-refractivity contribution in [2.45, 2.75) is 19.4 Å². The summed E-state index contributed by atoms with van der Waals surface area (Å²) in [6.07, 6.45) is 3.23. The third kappa shape index (κ3) is 3.24. The fourth-order valence-electron chi connectivity index (χ4n) is 3.46. The Bertz CT molecular complexity index is 1070. The van der Waals surface area contributed by atoms with E-state index in [0.717, 1.165) is 16.5 Å². The minimum atomic E-state index is -0.547. The van der Waals surface area contributed by atoms with Gasteiger partial charge in [-0.1, -0.05) is 24.3 Å². The van der Waals surface area contributed by atoms with Crippen molar-refractivity contribution in [2.24, 2.45) is 0 Å². The number of nitrogens with zero attached hydrogens (tertiary/aromatic N) is 1. The van der Waals surface area contributed by atoms with Crippen molar-refractivity contribution in [1.29, 1.82) is 0 Å². The maximum atomic E-state index is 12.6. The molecule has 28 heavy (non-hydrogen) atoms. The molecule has 142 valence electrons. The van der Waals surface area contributed by atoms with E-state index in [9.17, 15) is 9.59 Å². The molecular formula is C22H21N3O3. The Hall–Kier alpha value is -3.54. The van der Waals surface area contributed by atoms with Crippen molar-refractivity contribution in [3.05, 3.63) is 66.9 Å². The Morgan fingerprint density at radius 3 is 2.96 bits per heavy atom. The summed E-state index contributed by atoms with van der Waals surface area (Å²) >= 11 is 0. The first-order valence-electron chi connectivity index (χ1n) is 9.14. The first kappa shape index (κ1) is 17.9. The first-order valence-corrected chi connectivity index (χ1v) is 9.14. The molecule has 2 N–H and O–H groups in total. The summed E-state index contributed by atoms with van der Waals surface area (Å²) in [7, 11) is 0. The van der Waals surface area contributed by atoms with Crippen LogP contribution in [0.25, 0.3) is 10.9 Å². The highest BCUT2D eigenvalue weighted by Crippen LogP contribution is 2.36. The first-order chi connectivity index (χ1) is 13.6. The number of benzene rings is 2. The number of rotatable bonds is 5. The average Bonchev–Trinajstić information content (AvgIpc) is 3.09. The van der Waals surface area contributed by atoms with E-state index < -0.39 is 6.10 Å². The van der Waals surface area contributed by atoms with Gasteiger partial charge in [-0.05, 0) is 36.8 Å². The third-order valence-electron chi connectivity index (χ3n) is 4.79. The zero-order chi connectivity index (χ0) is 19.7. The van der Waals surface area contributed by atoms with Crippen LogP contribution in [0, 0.1) is 0 Å². The molecule has 1 aliphatic heterocycles. The topological polar surface area (TPSA) is 74.4 Å². The number of hydrogen-bond acceptors (Lipinski definition) is 3. The van der Waals surface area contributed by atoms with Crippen molar-refractivity contribution in [1.82, 2.24) is 4.98 Å². The maximum Gasteiger partial charge on any atom is 0.268 e. The summed E-state index contributed by atoms with van der Waals surface area (Å²) in [5, 5.41) is 3.95. The van der Waals surface area contributed by atoms with Gasteiger partial charge in [-0.15, -0.1) is 6.58 Å². The Morgan fingerprint density at radius 1 is 1.32 bits per heavy atom. The second-order valence-electron chi connectivity index (χ2n) is 6.76. The van der Waals surface area contributed by atoms with Crippen LogP contribution in [-0.2, 0) is 16.0 Å². The average molecular weight is 375 g/mol. The molecule has 0 saturated carbocycles. The third-order valence-corrected chi connectivity index (χ3v) is 4.79. The van der Waals surface area contributed by atoms with Gasteiger partial charge in [-0.2, -0.15) is 0 Å². The zero-order valence-corrected chi connectivity index (χ0v) is 15.6. The number of para-hydroxylation sites is 1. The molecule has 6 nitrogen and oxygen atoms in total. The van der Waals surface area contributed by atoms with Gasteiger partial charge in [0.25, 0.3) is 5.91 Å². The Labute approximate surface area is 162 Å². The Kier molecular flexibility index (Phi) is 4.61. The van der Waals surface area contributed by atoms with Crippen LogP contribution in [0.2, 0.25) is 0 Å². The molecule has 0 radical (unpaired) electrons. The molecule has 0 saturated heterocycles. The molecule has 3 aromatic rings. The lowest BCUT2D eigenvalue weighted by molar-refractivity contribution is -0.125. The van der Waals surface area contributed by atoms with Gasteiger partial charge in [0, 0.05) is 29.3 Å².